The van der Waals surface area contributed by atoms with E-state index in [1.54, 1.807) is 17.4 Å². The van der Waals surface area contributed by atoms with E-state index in [1.165, 1.54) is 17.8 Å². The molecule has 0 radical (unpaired) electrons. The monoisotopic (exact) mass is 700 g/mol. The van der Waals surface area contributed by atoms with Crippen LogP contribution < -0.4 is 11.1 Å². The van der Waals surface area contributed by atoms with Crippen LogP contribution >= 0.6 is 22.7 Å². The molecule has 0 aliphatic heterocycles. The number of carbonyl (C=O) groups excluding carboxylic acids is 1. The summed E-state index contributed by atoms with van der Waals surface area (Å²) in [4.78, 5) is 37.3. The number of nitrogens with zero attached hydrogens (tertiary/aromatic N) is 2. The molecule has 4 bridgehead atoms. The number of carboxylic acid groups (broad SMARTS) is 1. The van der Waals surface area contributed by atoms with Gasteiger partial charge in [0.15, 0.2) is 0 Å². The van der Waals surface area contributed by atoms with Crippen molar-refractivity contribution in [1.82, 2.24) is 25.3 Å². The first-order valence-corrected chi connectivity index (χ1v) is 18.0. The average molecular weight is 701 g/mol. The van der Waals surface area contributed by atoms with Gasteiger partial charge in [-0.05, 0) is 100 Å². The second-order valence-electron chi connectivity index (χ2n) is 15.7. The Morgan fingerprint density at radius 1 is 0.812 bits per heavy atom. The van der Waals surface area contributed by atoms with Crippen molar-refractivity contribution in [3.63, 3.8) is 0 Å². The average Bonchev–Trinajstić information content (AvgIpc) is 3.70. The molecule has 8 N–H and O–H groups in total. The molecular formula is C35H52N6O5S2. The van der Waals surface area contributed by atoms with Crippen molar-refractivity contribution in [1.29, 1.82) is 0 Å². The highest BCUT2D eigenvalue weighted by atomic mass is 32.1. The fourth-order valence-corrected chi connectivity index (χ4v) is 10.6. The topological polar surface area (TPSA) is 190 Å². The van der Waals surface area contributed by atoms with E-state index in [9.17, 15) is 19.8 Å². The number of aromatic amines is 2. The summed E-state index contributed by atoms with van der Waals surface area (Å²) in [7, 11) is 0. The third-order valence-electron chi connectivity index (χ3n) is 12.2. The lowest BCUT2D eigenvalue weighted by Gasteiger charge is -2.65. The normalized spacial score (nSPS) is 33.6. The van der Waals surface area contributed by atoms with Crippen molar-refractivity contribution >= 4 is 55.2 Å². The molecule has 11 nitrogen and oxygen atoms in total. The van der Waals surface area contributed by atoms with Gasteiger partial charge in [0, 0.05) is 6.04 Å². The molecule has 0 spiro atoms. The number of hydrogen-bond acceptors (Lipinski definition) is 9. The maximum Gasteiger partial charge on any atom is 0.352 e. The Balaban J connectivity index is 0.000000153. The van der Waals surface area contributed by atoms with Gasteiger partial charge in [-0.15, -0.1) is 22.7 Å². The molecule has 4 heterocycles. The molecule has 1 amide bonds. The first kappa shape index (κ1) is 36.4. The van der Waals surface area contributed by atoms with Crippen LogP contribution in [0.3, 0.4) is 0 Å². The minimum Gasteiger partial charge on any atom is -0.477 e. The van der Waals surface area contributed by atoms with Gasteiger partial charge in [-0.1, -0.05) is 35.1 Å². The predicted octanol–water partition coefficient (Wildman–Crippen LogP) is 6.25. The molecule has 0 saturated heterocycles. The van der Waals surface area contributed by atoms with Crippen LogP contribution in [0, 0.1) is 48.3 Å². The van der Waals surface area contributed by atoms with Gasteiger partial charge in [-0.2, -0.15) is 0 Å². The molecule has 6 aliphatic rings. The van der Waals surface area contributed by atoms with E-state index < -0.39 is 17.2 Å². The second kappa shape index (κ2) is 12.2. The molecule has 0 unspecified atom stereocenters. The number of aliphatic hydroxyl groups is 2. The number of amides is 1. The van der Waals surface area contributed by atoms with Gasteiger partial charge < -0.3 is 36.3 Å². The summed E-state index contributed by atoms with van der Waals surface area (Å²) in [5, 5.41) is 34.7. The number of thiazole rings is 2. The van der Waals surface area contributed by atoms with Crippen LogP contribution in [0.25, 0.3) is 20.7 Å². The third kappa shape index (κ3) is 5.99. The van der Waals surface area contributed by atoms with E-state index in [2.05, 4.69) is 52.9 Å². The maximum atomic E-state index is 12.6. The summed E-state index contributed by atoms with van der Waals surface area (Å²) < 4.78 is 1.89. The Morgan fingerprint density at radius 2 is 1.27 bits per heavy atom. The number of carboxylic acids is 1. The van der Waals surface area contributed by atoms with Crippen LogP contribution in [0.1, 0.15) is 106 Å². The van der Waals surface area contributed by atoms with E-state index in [-0.39, 0.29) is 42.4 Å². The zero-order valence-corrected chi connectivity index (χ0v) is 30.0. The molecule has 264 valence electrons. The van der Waals surface area contributed by atoms with Crippen LogP contribution in [0.4, 0.5) is 0 Å². The Labute approximate surface area is 290 Å². The third-order valence-corrected chi connectivity index (χ3v) is 14.1. The summed E-state index contributed by atoms with van der Waals surface area (Å²) in [6, 6.07) is 3.25. The number of hydrogen-bond donors (Lipinski definition) is 7. The largest absolute Gasteiger partial charge is 0.477 e. The number of rotatable bonds is 3. The molecule has 6 fully saturated rings. The van der Waals surface area contributed by atoms with Gasteiger partial charge in [0.1, 0.15) is 22.7 Å². The first-order valence-electron chi connectivity index (χ1n) is 16.4. The van der Waals surface area contributed by atoms with Gasteiger partial charge in [-0.25, -0.2) is 14.8 Å². The number of H-pyrrole nitrogens is 2. The minimum absolute atomic E-state index is 0. The summed E-state index contributed by atoms with van der Waals surface area (Å²) in [5.74, 6) is 0.886. The minimum atomic E-state index is -0.946. The Morgan fingerprint density at radius 3 is 1.69 bits per heavy atom. The summed E-state index contributed by atoms with van der Waals surface area (Å²) >= 11 is 3.06. The van der Waals surface area contributed by atoms with E-state index in [1.807, 2.05) is 33.8 Å². The molecule has 6 saturated carbocycles. The van der Waals surface area contributed by atoms with Crippen LogP contribution in [-0.2, 0) is 0 Å². The Bertz CT molecular complexity index is 1770. The van der Waals surface area contributed by atoms with Crippen LogP contribution in [-0.4, -0.2) is 70.4 Å². The number of aryl methyl sites for hydroxylation is 2. The van der Waals surface area contributed by atoms with Gasteiger partial charge in [0.05, 0.1) is 36.7 Å². The van der Waals surface area contributed by atoms with Crippen molar-refractivity contribution in [3.8, 4) is 0 Å². The predicted molar refractivity (Wildman–Crippen MR) is 192 cm³/mol. The molecule has 48 heavy (non-hydrogen) atoms. The quantitative estimate of drug-likeness (QED) is 0.131. The lowest BCUT2D eigenvalue weighted by atomic mass is 9.43. The van der Waals surface area contributed by atoms with E-state index in [0.29, 0.717) is 28.6 Å². The van der Waals surface area contributed by atoms with E-state index in [0.717, 1.165) is 50.2 Å². The molecule has 6 aliphatic carbocycles. The number of nitrogens with one attached hydrogen (secondary N) is 3. The summed E-state index contributed by atoms with van der Waals surface area (Å²) in [6.07, 6.45) is 4.08. The summed E-state index contributed by atoms with van der Waals surface area (Å²) in [5.41, 5.74) is 7.05. The second-order valence-corrected chi connectivity index (χ2v) is 18.2. The van der Waals surface area contributed by atoms with Gasteiger partial charge in [0.2, 0.25) is 0 Å². The highest BCUT2D eigenvalue weighted by molar-refractivity contribution is 7.18. The molecule has 4 aromatic heterocycles. The van der Waals surface area contributed by atoms with Crippen molar-refractivity contribution in [2.75, 3.05) is 0 Å². The van der Waals surface area contributed by atoms with Crippen LogP contribution in [0.5, 0.6) is 0 Å². The number of carbonyl (C=O) groups is 2. The summed E-state index contributed by atoms with van der Waals surface area (Å²) in [6.45, 7) is 16.6. The zero-order chi connectivity index (χ0) is 34.4. The first-order chi connectivity index (χ1) is 21.7. The maximum absolute atomic E-state index is 12.6. The molecule has 4 aromatic rings. The fraction of sp³-hybridized carbons (Fsp3) is 0.657. The molecule has 8 atom stereocenters. The van der Waals surface area contributed by atoms with Crippen molar-refractivity contribution in [2.45, 2.75) is 112 Å². The van der Waals surface area contributed by atoms with E-state index >= 15 is 0 Å². The highest BCUT2D eigenvalue weighted by Crippen LogP contribution is 2.63. The van der Waals surface area contributed by atoms with Gasteiger partial charge in [-0.3, -0.25) is 4.79 Å². The van der Waals surface area contributed by atoms with Gasteiger partial charge >= 0.3 is 5.97 Å². The number of aromatic nitrogens is 4. The molecule has 10 rings (SSSR count). The molecule has 0 aromatic carbocycles. The SMILES string of the molecule is C.CC1(C)[C@@H]2C[C@H]1[C@@](C)(O)[C@@H](N)C2.Cc1nc2[nH]c(C(=O)N[C@H]3C[C@H]4C[C@H](C4(C)C)[C@@]3(C)O)cc2s1.Cc1nc2[nH]c(C(=O)O)cc2s1. The Hall–Kier alpha value is -2.84. The number of fused-ring (bicyclic) bond motifs is 6. The molecular weight excluding hydrogens is 649 g/mol. The highest BCUT2D eigenvalue weighted by Gasteiger charge is 2.63. The standard InChI is InChI=1S/C17H23N3O2S.C10H19NO.C7H6N2O2S.CH4/c1-8-18-14-11(23-8)7-10(19-14)15(21)20-13-6-9-5-12(16(9,2)3)17(13,4)22;1-9(2)6-4-7(9)10(3,12)8(11)5-6;1-3-8-6-5(12-3)2-4(9-6)7(10)11;/h7,9,12-13,19,22H,5-6H2,1-4H3,(H,20,21);6-8,12H,4-5,11H2,1-3H3;2,9H,1H3,(H,10,11);1H4/t9-,12-,13+,17-;6-,7-,8+,10-;;/m11../s1. The Kier molecular flexibility index (Phi) is 9.25. The lowest BCUT2D eigenvalue weighted by molar-refractivity contribution is -0.207. The van der Waals surface area contributed by atoms with E-state index in [4.69, 9.17) is 10.8 Å². The van der Waals surface area contributed by atoms with Crippen molar-refractivity contribution < 1.29 is 24.9 Å². The van der Waals surface area contributed by atoms with Gasteiger partial charge in [0.25, 0.3) is 5.91 Å². The lowest BCUT2D eigenvalue weighted by Crippen LogP contribution is -2.70. The fourth-order valence-electron chi connectivity index (χ4n) is 8.91. The van der Waals surface area contributed by atoms with Crippen LogP contribution in [0.15, 0.2) is 12.1 Å². The van der Waals surface area contributed by atoms with Crippen molar-refractivity contribution in [3.05, 3.63) is 33.5 Å². The van der Waals surface area contributed by atoms with Crippen molar-refractivity contribution in [2.24, 2.45) is 40.2 Å². The smallest absolute Gasteiger partial charge is 0.352 e. The number of aromatic carboxylic acids is 1. The molecule has 13 heteroatoms. The number of nitrogens with two attached hydrogens (primary N) is 1. The zero-order valence-electron chi connectivity index (χ0n) is 28.4. The van der Waals surface area contributed by atoms with Crippen LogP contribution in [0.2, 0.25) is 0 Å².